The predicted molar refractivity (Wildman–Crippen MR) is 224 cm³/mol. The van der Waals surface area contributed by atoms with Gasteiger partial charge in [0, 0.05) is 19.6 Å². The van der Waals surface area contributed by atoms with Crippen LogP contribution in [0.25, 0.3) is 0 Å². The molecule has 0 radical (unpaired) electrons. The molecule has 0 saturated heterocycles. The predicted octanol–water partition coefficient (Wildman–Crippen LogP) is 13.7. The number of phosphoric ester groups is 1. The Morgan fingerprint density at radius 2 is 0.830 bits per heavy atom. The third-order valence-electron chi connectivity index (χ3n) is 10.3. The molecule has 318 valence electrons. The number of hydrogen-bond donors (Lipinski definition) is 2. The molecule has 0 rings (SSSR count). The quantitative estimate of drug-likeness (QED) is 0.0357. The largest absolute Gasteiger partial charge is 0.472 e. The van der Waals surface area contributed by atoms with Crippen LogP contribution in [0.1, 0.15) is 239 Å². The maximum absolute atomic E-state index is 12.6. The number of ether oxygens (including phenoxy) is 2. The van der Waals surface area contributed by atoms with Gasteiger partial charge in [0.05, 0.1) is 19.8 Å². The van der Waals surface area contributed by atoms with Crippen molar-refractivity contribution in [3.8, 4) is 0 Å². The van der Waals surface area contributed by atoms with Crippen LogP contribution in [0.15, 0.2) is 0 Å². The minimum Gasteiger partial charge on any atom is -0.457 e. The summed E-state index contributed by atoms with van der Waals surface area (Å²) in [5.41, 5.74) is 5.37. The zero-order chi connectivity index (χ0) is 38.8. The van der Waals surface area contributed by atoms with Gasteiger partial charge in [0.25, 0.3) is 0 Å². The second-order valence-corrected chi connectivity index (χ2v) is 17.1. The highest BCUT2D eigenvalue weighted by molar-refractivity contribution is 7.47. The van der Waals surface area contributed by atoms with Crippen LogP contribution in [0.5, 0.6) is 0 Å². The van der Waals surface area contributed by atoms with E-state index in [0.29, 0.717) is 13.0 Å². The zero-order valence-electron chi connectivity index (χ0n) is 35.3. The molecule has 0 fully saturated rings. The fraction of sp³-hybridized carbons (Fsp3) is 0.977. The van der Waals surface area contributed by atoms with Crippen LogP contribution in [0.2, 0.25) is 0 Å². The second-order valence-electron chi connectivity index (χ2n) is 15.6. The summed E-state index contributed by atoms with van der Waals surface area (Å²) in [5.74, 6) is -0.322. The molecule has 9 heteroatoms. The van der Waals surface area contributed by atoms with Gasteiger partial charge in [0.1, 0.15) is 6.10 Å². The summed E-state index contributed by atoms with van der Waals surface area (Å²) in [6.07, 6.45) is 44.0. The Hall–Kier alpha value is -0.500. The van der Waals surface area contributed by atoms with E-state index in [-0.39, 0.29) is 32.3 Å². The van der Waals surface area contributed by atoms with Gasteiger partial charge in [-0.05, 0) is 12.8 Å². The van der Waals surface area contributed by atoms with E-state index in [1.807, 2.05) is 0 Å². The molecule has 2 unspecified atom stereocenters. The summed E-state index contributed by atoms with van der Waals surface area (Å²) >= 11 is 0. The first-order valence-electron chi connectivity index (χ1n) is 23.0. The van der Waals surface area contributed by atoms with Gasteiger partial charge in [-0.15, -0.1) is 0 Å². The number of carbonyl (C=O) groups excluding carboxylic acids is 1. The van der Waals surface area contributed by atoms with Gasteiger partial charge in [-0.1, -0.05) is 219 Å². The molecule has 0 bridgehead atoms. The number of phosphoric acid groups is 1. The lowest BCUT2D eigenvalue weighted by molar-refractivity contribution is -0.154. The van der Waals surface area contributed by atoms with Crippen LogP contribution >= 0.6 is 7.82 Å². The molecule has 0 saturated carbocycles. The average Bonchev–Trinajstić information content (AvgIpc) is 3.15. The van der Waals surface area contributed by atoms with Crippen molar-refractivity contribution in [1.29, 1.82) is 0 Å². The lowest BCUT2D eigenvalue weighted by atomic mass is 10.0. The van der Waals surface area contributed by atoms with E-state index in [1.165, 1.54) is 186 Å². The summed E-state index contributed by atoms with van der Waals surface area (Å²) in [5, 5.41) is 0. The first kappa shape index (κ1) is 52.5. The molecule has 0 aromatic rings. The maximum Gasteiger partial charge on any atom is 0.472 e. The Labute approximate surface area is 329 Å². The van der Waals surface area contributed by atoms with E-state index in [9.17, 15) is 14.3 Å². The fourth-order valence-electron chi connectivity index (χ4n) is 6.88. The highest BCUT2D eigenvalue weighted by Gasteiger charge is 2.25. The standard InChI is InChI=1S/C44H90NO7P/c1-3-5-7-9-11-13-15-17-19-20-21-22-23-25-27-29-31-33-35-37-44(46)52-43(42-51-53(47,48)50-40-38-45)41-49-39-36-34-32-30-28-26-24-18-16-14-12-10-8-6-4-2/h43H,3-42,45H2,1-2H3,(H,47,48). The SMILES string of the molecule is CCCCCCCCCCCCCCCCCCCCCC(=O)OC(COCCCCCCCCCCCCCCCCC)COP(=O)(O)OCCN. The van der Waals surface area contributed by atoms with Crippen molar-refractivity contribution in [2.45, 2.75) is 245 Å². The highest BCUT2D eigenvalue weighted by Crippen LogP contribution is 2.43. The van der Waals surface area contributed by atoms with E-state index >= 15 is 0 Å². The van der Waals surface area contributed by atoms with E-state index in [1.54, 1.807) is 0 Å². The Morgan fingerprint density at radius 3 is 1.19 bits per heavy atom. The van der Waals surface area contributed by atoms with Crippen molar-refractivity contribution >= 4 is 13.8 Å². The average molecular weight is 776 g/mol. The highest BCUT2D eigenvalue weighted by atomic mass is 31.2. The molecule has 0 amide bonds. The number of carbonyl (C=O) groups is 1. The smallest absolute Gasteiger partial charge is 0.457 e. The van der Waals surface area contributed by atoms with Gasteiger partial charge in [-0.2, -0.15) is 0 Å². The van der Waals surface area contributed by atoms with Crippen molar-refractivity contribution in [2.75, 3.05) is 33.0 Å². The number of nitrogens with two attached hydrogens (primary N) is 1. The van der Waals surface area contributed by atoms with E-state index in [4.69, 9.17) is 24.3 Å². The Morgan fingerprint density at radius 1 is 0.491 bits per heavy atom. The third kappa shape index (κ3) is 42.5. The topological polar surface area (TPSA) is 117 Å². The maximum atomic E-state index is 12.6. The third-order valence-corrected chi connectivity index (χ3v) is 11.3. The summed E-state index contributed by atoms with van der Waals surface area (Å²) < 4.78 is 33.5. The van der Waals surface area contributed by atoms with Gasteiger partial charge < -0.3 is 20.1 Å². The molecule has 0 aliphatic rings. The first-order valence-corrected chi connectivity index (χ1v) is 24.5. The van der Waals surface area contributed by atoms with E-state index < -0.39 is 13.9 Å². The zero-order valence-corrected chi connectivity index (χ0v) is 36.2. The normalized spacial score (nSPS) is 13.4. The molecule has 8 nitrogen and oxygen atoms in total. The van der Waals surface area contributed by atoms with Gasteiger partial charge in [-0.25, -0.2) is 4.57 Å². The van der Waals surface area contributed by atoms with Crippen LogP contribution in [-0.2, 0) is 27.9 Å². The molecule has 0 aliphatic heterocycles. The lowest BCUT2D eigenvalue weighted by Crippen LogP contribution is -2.28. The number of hydrogen-bond acceptors (Lipinski definition) is 7. The number of esters is 1. The molecule has 0 aromatic carbocycles. The number of unbranched alkanes of at least 4 members (excludes halogenated alkanes) is 32. The van der Waals surface area contributed by atoms with Gasteiger partial charge in [0.2, 0.25) is 0 Å². The van der Waals surface area contributed by atoms with Crippen LogP contribution in [0.3, 0.4) is 0 Å². The second kappa shape index (κ2) is 42.6. The molecule has 0 aromatic heterocycles. The molecular weight excluding hydrogens is 685 g/mol. The van der Waals surface area contributed by atoms with Crippen molar-refractivity contribution in [3.63, 3.8) is 0 Å². The van der Waals surface area contributed by atoms with Gasteiger partial charge in [0.15, 0.2) is 0 Å². The van der Waals surface area contributed by atoms with Crippen molar-refractivity contribution in [2.24, 2.45) is 5.73 Å². The molecule has 0 spiro atoms. The molecule has 0 aliphatic carbocycles. The van der Waals surface area contributed by atoms with E-state index in [2.05, 4.69) is 13.8 Å². The Balaban J connectivity index is 3.93. The van der Waals surface area contributed by atoms with Crippen LogP contribution in [0, 0.1) is 0 Å². The first-order chi connectivity index (χ1) is 25.9. The monoisotopic (exact) mass is 776 g/mol. The molecule has 3 N–H and O–H groups in total. The van der Waals surface area contributed by atoms with Crippen molar-refractivity contribution in [3.05, 3.63) is 0 Å². The van der Waals surface area contributed by atoms with Crippen molar-refractivity contribution < 1.29 is 32.8 Å². The van der Waals surface area contributed by atoms with Crippen LogP contribution < -0.4 is 5.73 Å². The summed E-state index contributed by atoms with van der Waals surface area (Å²) in [6.45, 7) is 4.99. The summed E-state index contributed by atoms with van der Waals surface area (Å²) in [6, 6.07) is 0. The molecule has 53 heavy (non-hydrogen) atoms. The Bertz CT molecular complexity index is 787. The fourth-order valence-corrected chi connectivity index (χ4v) is 7.65. The minimum absolute atomic E-state index is 0.0900. The van der Waals surface area contributed by atoms with Crippen LogP contribution in [0.4, 0.5) is 0 Å². The van der Waals surface area contributed by atoms with Crippen molar-refractivity contribution in [1.82, 2.24) is 0 Å². The minimum atomic E-state index is -4.27. The molecule has 2 atom stereocenters. The molecular formula is C44H90NO7P. The Kier molecular flexibility index (Phi) is 42.2. The summed E-state index contributed by atoms with van der Waals surface area (Å²) in [4.78, 5) is 22.5. The molecule has 0 heterocycles. The van der Waals surface area contributed by atoms with E-state index in [0.717, 1.165) is 32.1 Å². The number of rotatable bonds is 45. The lowest BCUT2D eigenvalue weighted by Gasteiger charge is -2.20. The van der Waals surface area contributed by atoms with Crippen LogP contribution in [-0.4, -0.2) is 49.9 Å². The van der Waals surface area contributed by atoms with Gasteiger partial charge in [-0.3, -0.25) is 13.8 Å². The summed E-state index contributed by atoms with van der Waals surface area (Å²) in [7, 11) is -4.27. The van der Waals surface area contributed by atoms with Gasteiger partial charge >= 0.3 is 13.8 Å².